The molecule has 2 unspecified atom stereocenters. The largest absolute Gasteiger partial charge is 0.362 e. The molecule has 1 aliphatic rings. The van der Waals surface area contributed by atoms with Crippen molar-refractivity contribution in [2.75, 3.05) is 0 Å². The van der Waals surface area contributed by atoms with Crippen LogP contribution in [0.5, 0.6) is 0 Å². The van der Waals surface area contributed by atoms with E-state index in [1.165, 1.54) is 19.1 Å². The van der Waals surface area contributed by atoms with Crippen molar-refractivity contribution in [1.29, 1.82) is 0 Å². The highest BCUT2D eigenvalue weighted by molar-refractivity contribution is 5.94. The second kappa shape index (κ2) is 4.03. The van der Waals surface area contributed by atoms with E-state index in [0.29, 0.717) is 6.42 Å². The van der Waals surface area contributed by atoms with Crippen LogP contribution in [0.3, 0.4) is 0 Å². The fourth-order valence-corrected chi connectivity index (χ4v) is 1.32. The minimum Gasteiger partial charge on any atom is -0.362 e. The van der Waals surface area contributed by atoms with Crippen LogP contribution in [0.4, 0.5) is 0 Å². The van der Waals surface area contributed by atoms with E-state index in [9.17, 15) is 9.90 Å². The molecule has 1 rings (SSSR count). The van der Waals surface area contributed by atoms with Gasteiger partial charge >= 0.3 is 0 Å². The van der Waals surface area contributed by atoms with Gasteiger partial charge in [0.1, 0.15) is 6.10 Å². The average Bonchev–Trinajstić information content (AvgIpc) is 2.07. The molecule has 0 aliphatic carbocycles. The summed E-state index contributed by atoms with van der Waals surface area (Å²) in [6.45, 7) is 3.59. The van der Waals surface area contributed by atoms with Crippen LogP contribution >= 0.6 is 0 Å². The second-order valence-corrected chi connectivity index (χ2v) is 3.54. The third-order valence-corrected chi connectivity index (χ3v) is 2.07. The summed E-state index contributed by atoms with van der Waals surface area (Å²) in [6.07, 6.45) is 5.00. The summed E-state index contributed by atoms with van der Waals surface area (Å²) < 4.78 is 5.21. The lowest BCUT2D eigenvalue weighted by Crippen LogP contribution is -2.39. The Morgan fingerprint density at radius 3 is 3.00 bits per heavy atom. The first-order chi connectivity index (χ1) is 6.05. The van der Waals surface area contributed by atoms with Gasteiger partial charge in [-0.25, -0.2) is 0 Å². The molecule has 0 bridgehead atoms. The molecule has 0 aromatic carbocycles. The van der Waals surface area contributed by atoms with Crippen LogP contribution in [0.25, 0.3) is 0 Å². The van der Waals surface area contributed by atoms with Crippen LogP contribution in [0.2, 0.25) is 0 Å². The number of carbonyl (C=O) groups is 1. The molecule has 0 aromatic rings. The lowest BCUT2D eigenvalue weighted by molar-refractivity contribution is -0.193. The van der Waals surface area contributed by atoms with E-state index in [0.717, 1.165) is 12.8 Å². The molecule has 0 saturated carbocycles. The minimum absolute atomic E-state index is 0.0417. The first-order valence-corrected chi connectivity index (χ1v) is 4.68. The lowest BCUT2D eigenvalue weighted by Gasteiger charge is -2.29. The highest BCUT2D eigenvalue weighted by Gasteiger charge is 2.30. The van der Waals surface area contributed by atoms with E-state index in [-0.39, 0.29) is 5.78 Å². The zero-order chi connectivity index (χ0) is 9.90. The Kier molecular flexibility index (Phi) is 3.22. The minimum atomic E-state index is -1.27. The molecular weight excluding hydrogens is 168 g/mol. The van der Waals surface area contributed by atoms with Gasteiger partial charge in [-0.3, -0.25) is 4.79 Å². The van der Waals surface area contributed by atoms with Crippen molar-refractivity contribution in [3.8, 4) is 0 Å². The molecule has 0 radical (unpaired) electrons. The molecule has 0 saturated heterocycles. The maximum atomic E-state index is 11.3. The van der Waals surface area contributed by atoms with Crippen LogP contribution < -0.4 is 0 Å². The van der Waals surface area contributed by atoms with Crippen molar-refractivity contribution >= 4 is 5.78 Å². The van der Waals surface area contributed by atoms with Crippen molar-refractivity contribution in [3.05, 3.63) is 12.2 Å². The SMILES string of the molecule is CCCCC1OC(C)(O)C=CC1=O. The first kappa shape index (κ1) is 10.4. The Bertz CT molecular complexity index is 218. The summed E-state index contributed by atoms with van der Waals surface area (Å²) in [5.41, 5.74) is 0. The third-order valence-electron chi connectivity index (χ3n) is 2.07. The molecule has 2 atom stereocenters. The molecule has 1 aliphatic heterocycles. The van der Waals surface area contributed by atoms with E-state index < -0.39 is 11.9 Å². The highest BCUT2D eigenvalue weighted by atomic mass is 16.6. The Hall–Kier alpha value is -0.670. The monoisotopic (exact) mass is 184 g/mol. The Morgan fingerprint density at radius 2 is 2.38 bits per heavy atom. The Labute approximate surface area is 78.4 Å². The summed E-state index contributed by atoms with van der Waals surface area (Å²) in [5, 5.41) is 9.50. The summed E-state index contributed by atoms with van der Waals surface area (Å²) in [4.78, 5) is 11.3. The van der Waals surface area contributed by atoms with Crippen molar-refractivity contribution < 1.29 is 14.6 Å². The van der Waals surface area contributed by atoms with Crippen LogP contribution in [-0.4, -0.2) is 22.8 Å². The Balaban J connectivity index is 2.56. The van der Waals surface area contributed by atoms with E-state index in [1.807, 2.05) is 0 Å². The number of hydrogen-bond acceptors (Lipinski definition) is 3. The number of unbranched alkanes of at least 4 members (excludes halogenated alkanes) is 1. The smallest absolute Gasteiger partial charge is 0.184 e. The van der Waals surface area contributed by atoms with Crippen LogP contribution in [0.15, 0.2) is 12.2 Å². The van der Waals surface area contributed by atoms with Gasteiger partial charge in [-0.05, 0) is 25.5 Å². The maximum Gasteiger partial charge on any atom is 0.184 e. The van der Waals surface area contributed by atoms with Gasteiger partial charge in [0, 0.05) is 0 Å². The molecular formula is C10H16O3. The zero-order valence-electron chi connectivity index (χ0n) is 8.12. The van der Waals surface area contributed by atoms with Gasteiger partial charge in [0.05, 0.1) is 0 Å². The van der Waals surface area contributed by atoms with E-state index in [4.69, 9.17) is 4.74 Å². The number of ketones is 1. The van der Waals surface area contributed by atoms with Crippen LogP contribution in [0.1, 0.15) is 33.1 Å². The third kappa shape index (κ3) is 2.94. The standard InChI is InChI=1S/C10H16O3/c1-3-4-5-9-8(11)6-7-10(2,12)13-9/h6-7,9,12H,3-5H2,1-2H3. The molecule has 0 spiro atoms. The van der Waals surface area contributed by atoms with Crippen LogP contribution in [-0.2, 0) is 9.53 Å². The molecule has 3 heteroatoms. The fraction of sp³-hybridized carbons (Fsp3) is 0.700. The molecule has 1 heterocycles. The van der Waals surface area contributed by atoms with Gasteiger partial charge in [0.2, 0.25) is 0 Å². The maximum absolute atomic E-state index is 11.3. The van der Waals surface area contributed by atoms with Gasteiger partial charge < -0.3 is 9.84 Å². The molecule has 0 fully saturated rings. The van der Waals surface area contributed by atoms with Crippen molar-refractivity contribution in [3.63, 3.8) is 0 Å². The summed E-state index contributed by atoms with van der Waals surface area (Å²) in [5.74, 6) is -1.31. The van der Waals surface area contributed by atoms with Gasteiger partial charge in [0.15, 0.2) is 11.6 Å². The normalized spacial score (nSPS) is 33.8. The number of rotatable bonds is 3. The lowest BCUT2D eigenvalue weighted by atomic mass is 10.0. The number of ether oxygens (including phenoxy) is 1. The van der Waals surface area contributed by atoms with Crippen molar-refractivity contribution in [1.82, 2.24) is 0 Å². The van der Waals surface area contributed by atoms with Crippen LogP contribution in [0, 0.1) is 0 Å². The average molecular weight is 184 g/mol. The number of carbonyl (C=O) groups excluding carboxylic acids is 1. The van der Waals surface area contributed by atoms with Crippen molar-refractivity contribution in [2.45, 2.75) is 45.0 Å². The summed E-state index contributed by atoms with van der Waals surface area (Å²) in [7, 11) is 0. The predicted molar refractivity (Wildman–Crippen MR) is 49.2 cm³/mol. The topological polar surface area (TPSA) is 46.5 Å². The molecule has 74 valence electrons. The van der Waals surface area contributed by atoms with Gasteiger partial charge in [-0.2, -0.15) is 0 Å². The summed E-state index contributed by atoms with van der Waals surface area (Å²) >= 11 is 0. The summed E-state index contributed by atoms with van der Waals surface area (Å²) in [6, 6.07) is 0. The predicted octanol–water partition coefficient (Wildman–Crippen LogP) is 1.41. The molecule has 0 aromatic heterocycles. The van der Waals surface area contributed by atoms with E-state index >= 15 is 0 Å². The zero-order valence-corrected chi connectivity index (χ0v) is 8.12. The molecule has 0 amide bonds. The van der Waals surface area contributed by atoms with Gasteiger partial charge in [-0.1, -0.05) is 19.8 Å². The van der Waals surface area contributed by atoms with Crippen molar-refractivity contribution in [2.24, 2.45) is 0 Å². The van der Waals surface area contributed by atoms with Gasteiger partial charge in [0.25, 0.3) is 0 Å². The Morgan fingerprint density at radius 1 is 1.69 bits per heavy atom. The molecule has 13 heavy (non-hydrogen) atoms. The van der Waals surface area contributed by atoms with E-state index in [2.05, 4.69) is 6.92 Å². The molecule has 3 nitrogen and oxygen atoms in total. The quantitative estimate of drug-likeness (QED) is 0.721. The van der Waals surface area contributed by atoms with Gasteiger partial charge in [-0.15, -0.1) is 0 Å². The molecule has 1 N–H and O–H groups in total. The second-order valence-electron chi connectivity index (χ2n) is 3.54. The number of hydrogen-bond donors (Lipinski definition) is 1. The first-order valence-electron chi connectivity index (χ1n) is 4.68. The fourth-order valence-electron chi connectivity index (χ4n) is 1.32. The number of aliphatic hydroxyl groups is 1. The highest BCUT2D eigenvalue weighted by Crippen LogP contribution is 2.20. The van der Waals surface area contributed by atoms with E-state index in [1.54, 1.807) is 0 Å².